The van der Waals surface area contributed by atoms with E-state index in [1.54, 1.807) is 0 Å². The van der Waals surface area contributed by atoms with Gasteiger partial charge in [-0.3, -0.25) is 4.79 Å². The van der Waals surface area contributed by atoms with Gasteiger partial charge in [0.1, 0.15) is 5.82 Å². The van der Waals surface area contributed by atoms with Crippen LogP contribution in [0.2, 0.25) is 0 Å². The fourth-order valence-corrected chi connectivity index (χ4v) is 2.15. The zero-order chi connectivity index (χ0) is 13.3. The number of aryl methyl sites for hydroxylation is 2. The first-order chi connectivity index (χ1) is 8.54. The Morgan fingerprint density at radius 2 is 2.28 bits per heavy atom. The summed E-state index contributed by atoms with van der Waals surface area (Å²) >= 11 is 0. The summed E-state index contributed by atoms with van der Waals surface area (Å²) < 4.78 is 1.98. The highest BCUT2D eigenvalue weighted by Gasteiger charge is 2.19. The second-order valence-corrected chi connectivity index (χ2v) is 4.43. The van der Waals surface area contributed by atoms with Gasteiger partial charge in [0, 0.05) is 7.05 Å². The van der Waals surface area contributed by atoms with Crippen molar-refractivity contribution in [2.45, 2.75) is 19.3 Å². The van der Waals surface area contributed by atoms with Crippen LogP contribution >= 0.6 is 0 Å². The predicted molar refractivity (Wildman–Crippen MR) is 69.5 cm³/mol. The molecule has 2 rings (SSSR count). The minimum absolute atomic E-state index is 0.357. The quantitative estimate of drug-likeness (QED) is 0.855. The number of rotatable bonds is 4. The second kappa shape index (κ2) is 4.78. The summed E-state index contributed by atoms with van der Waals surface area (Å²) in [6.45, 7) is 2.28. The Labute approximate surface area is 105 Å². The van der Waals surface area contributed by atoms with Crippen molar-refractivity contribution in [2.75, 3.05) is 6.54 Å². The van der Waals surface area contributed by atoms with Gasteiger partial charge in [-0.1, -0.05) is 6.07 Å². The van der Waals surface area contributed by atoms with Crippen molar-refractivity contribution in [3.8, 4) is 0 Å². The molecule has 0 aliphatic rings. The summed E-state index contributed by atoms with van der Waals surface area (Å²) in [5.41, 5.74) is 8.06. The minimum Gasteiger partial charge on any atom is -0.481 e. The number of hydrogen-bond acceptors (Lipinski definition) is 3. The van der Waals surface area contributed by atoms with Crippen LogP contribution in [0.25, 0.3) is 11.0 Å². The Morgan fingerprint density at radius 3 is 2.89 bits per heavy atom. The molecule has 1 heterocycles. The Morgan fingerprint density at radius 1 is 1.56 bits per heavy atom. The lowest BCUT2D eigenvalue weighted by atomic mass is 9.95. The number of benzene rings is 1. The number of carbonyl (C=O) groups is 1. The molecule has 1 unspecified atom stereocenters. The van der Waals surface area contributed by atoms with Crippen molar-refractivity contribution in [1.82, 2.24) is 9.55 Å². The van der Waals surface area contributed by atoms with Crippen molar-refractivity contribution in [1.29, 1.82) is 0 Å². The Bertz CT molecular complexity index is 589. The van der Waals surface area contributed by atoms with Gasteiger partial charge in [-0.25, -0.2) is 4.98 Å². The Hall–Kier alpha value is -1.88. The topological polar surface area (TPSA) is 81.1 Å². The van der Waals surface area contributed by atoms with E-state index in [9.17, 15) is 9.90 Å². The first-order valence-electron chi connectivity index (χ1n) is 5.90. The van der Waals surface area contributed by atoms with Crippen molar-refractivity contribution in [3.05, 3.63) is 29.6 Å². The Balaban J connectivity index is 2.48. The average molecular weight is 247 g/mol. The number of imidazole rings is 1. The number of carboxylic acids is 1. The zero-order valence-corrected chi connectivity index (χ0v) is 10.6. The third-order valence-corrected chi connectivity index (χ3v) is 3.28. The van der Waals surface area contributed by atoms with Gasteiger partial charge in [0.2, 0.25) is 0 Å². The molecule has 0 radical (unpaired) electrons. The SMILES string of the molecule is Cc1nc2cc(C(CCN)C(=O)O)ccc2n1C. The number of carboxylic acid groups (broad SMARTS) is 1. The molecule has 96 valence electrons. The van der Waals surface area contributed by atoms with E-state index in [0.717, 1.165) is 22.4 Å². The van der Waals surface area contributed by atoms with E-state index < -0.39 is 11.9 Å². The first-order valence-corrected chi connectivity index (χ1v) is 5.90. The average Bonchev–Trinajstić information content (AvgIpc) is 2.61. The lowest BCUT2D eigenvalue weighted by Crippen LogP contribution is -2.16. The van der Waals surface area contributed by atoms with Crippen LogP contribution in [0.5, 0.6) is 0 Å². The van der Waals surface area contributed by atoms with Crippen LogP contribution in [-0.2, 0) is 11.8 Å². The molecule has 0 spiro atoms. The number of aliphatic carboxylic acids is 1. The van der Waals surface area contributed by atoms with E-state index in [1.165, 1.54) is 0 Å². The fourth-order valence-electron chi connectivity index (χ4n) is 2.15. The van der Waals surface area contributed by atoms with Crippen LogP contribution in [0.4, 0.5) is 0 Å². The summed E-state index contributed by atoms with van der Waals surface area (Å²) in [6, 6.07) is 5.60. The highest BCUT2D eigenvalue weighted by Crippen LogP contribution is 2.24. The van der Waals surface area contributed by atoms with Gasteiger partial charge in [-0.05, 0) is 37.6 Å². The molecule has 0 bridgehead atoms. The van der Waals surface area contributed by atoms with Gasteiger partial charge >= 0.3 is 5.97 Å². The largest absolute Gasteiger partial charge is 0.481 e. The molecular formula is C13H17N3O2. The monoisotopic (exact) mass is 247 g/mol. The van der Waals surface area contributed by atoms with E-state index in [-0.39, 0.29) is 0 Å². The molecule has 1 aromatic heterocycles. The third kappa shape index (κ3) is 2.09. The lowest BCUT2D eigenvalue weighted by molar-refractivity contribution is -0.138. The number of aromatic nitrogens is 2. The maximum atomic E-state index is 11.2. The van der Waals surface area contributed by atoms with Crippen LogP contribution in [0.1, 0.15) is 23.7 Å². The van der Waals surface area contributed by atoms with E-state index in [0.29, 0.717) is 13.0 Å². The molecule has 5 nitrogen and oxygen atoms in total. The number of hydrogen-bond donors (Lipinski definition) is 2. The highest BCUT2D eigenvalue weighted by molar-refractivity contribution is 5.81. The number of nitrogens with two attached hydrogens (primary N) is 1. The molecule has 1 atom stereocenters. The fraction of sp³-hybridized carbons (Fsp3) is 0.385. The maximum absolute atomic E-state index is 11.2. The molecule has 0 fully saturated rings. The van der Waals surface area contributed by atoms with Crippen LogP contribution in [0.15, 0.2) is 18.2 Å². The van der Waals surface area contributed by atoms with Gasteiger partial charge in [0.05, 0.1) is 17.0 Å². The molecule has 3 N–H and O–H groups in total. The van der Waals surface area contributed by atoms with Crippen molar-refractivity contribution in [3.63, 3.8) is 0 Å². The van der Waals surface area contributed by atoms with Crippen LogP contribution in [0.3, 0.4) is 0 Å². The third-order valence-electron chi connectivity index (χ3n) is 3.28. The Kier molecular flexibility index (Phi) is 3.34. The predicted octanol–water partition coefficient (Wildman–Crippen LogP) is 1.40. The van der Waals surface area contributed by atoms with E-state index in [1.807, 2.05) is 36.7 Å². The molecule has 0 amide bonds. The zero-order valence-electron chi connectivity index (χ0n) is 10.6. The van der Waals surface area contributed by atoms with E-state index >= 15 is 0 Å². The molecule has 0 saturated heterocycles. The highest BCUT2D eigenvalue weighted by atomic mass is 16.4. The normalized spacial score (nSPS) is 12.8. The first kappa shape index (κ1) is 12.6. The summed E-state index contributed by atoms with van der Waals surface area (Å²) in [4.78, 5) is 15.6. The van der Waals surface area contributed by atoms with Gasteiger partial charge in [0.25, 0.3) is 0 Å². The molecular weight excluding hydrogens is 230 g/mol. The molecule has 1 aromatic carbocycles. The molecule has 5 heteroatoms. The van der Waals surface area contributed by atoms with E-state index in [4.69, 9.17) is 5.73 Å². The summed E-state index contributed by atoms with van der Waals surface area (Å²) in [5, 5.41) is 9.21. The molecule has 18 heavy (non-hydrogen) atoms. The van der Waals surface area contributed by atoms with Crippen molar-refractivity contribution < 1.29 is 9.90 Å². The number of nitrogens with zero attached hydrogens (tertiary/aromatic N) is 2. The van der Waals surface area contributed by atoms with Gasteiger partial charge in [-0.15, -0.1) is 0 Å². The number of fused-ring (bicyclic) bond motifs is 1. The lowest BCUT2D eigenvalue weighted by Gasteiger charge is -2.11. The van der Waals surface area contributed by atoms with Crippen LogP contribution < -0.4 is 5.73 Å². The van der Waals surface area contributed by atoms with Crippen LogP contribution in [0, 0.1) is 6.92 Å². The molecule has 0 aliphatic carbocycles. The molecule has 2 aromatic rings. The molecule has 0 saturated carbocycles. The van der Waals surface area contributed by atoms with Gasteiger partial charge in [-0.2, -0.15) is 0 Å². The van der Waals surface area contributed by atoms with E-state index in [2.05, 4.69) is 4.98 Å². The smallest absolute Gasteiger partial charge is 0.311 e. The van der Waals surface area contributed by atoms with Crippen molar-refractivity contribution in [2.24, 2.45) is 12.8 Å². The summed E-state index contributed by atoms with van der Waals surface area (Å²) in [6.07, 6.45) is 0.437. The minimum atomic E-state index is -0.840. The maximum Gasteiger partial charge on any atom is 0.311 e. The standard InChI is InChI=1S/C13H17N3O2/c1-8-15-11-7-9(3-4-12(11)16(8)2)10(5-6-14)13(17)18/h3-4,7,10H,5-6,14H2,1-2H3,(H,17,18). The van der Waals surface area contributed by atoms with Gasteiger partial charge in [0.15, 0.2) is 0 Å². The van der Waals surface area contributed by atoms with Crippen molar-refractivity contribution >= 4 is 17.0 Å². The molecule has 0 aliphatic heterocycles. The van der Waals surface area contributed by atoms with Gasteiger partial charge < -0.3 is 15.4 Å². The summed E-state index contributed by atoms with van der Waals surface area (Å²) in [5.74, 6) is -0.484. The van der Waals surface area contributed by atoms with Crippen LogP contribution in [-0.4, -0.2) is 27.2 Å². The second-order valence-electron chi connectivity index (χ2n) is 4.43. The summed E-state index contributed by atoms with van der Waals surface area (Å²) in [7, 11) is 1.94.